The van der Waals surface area contributed by atoms with Crippen molar-refractivity contribution in [2.24, 2.45) is 5.92 Å². The molecule has 6 heteroatoms. The Bertz CT molecular complexity index is 637. The molecule has 0 spiro atoms. The zero-order chi connectivity index (χ0) is 14.1. The summed E-state index contributed by atoms with van der Waals surface area (Å²) in [5.41, 5.74) is 1.83. The molecule has 0 saturated carbocycles. The minimum absolute atomic E-state index is 0.279. The van der Waals surface area contributed by atoms with Gasteiger partial charge in [0.25, 0.3) is 0 Å². The van der Waals surface area contributed by atoms with E-state index in [0.717, 1.165) is 30.7 Å². The van der Waals surface area contributed by atoms with Crippen LogP contribution in [0.4, 0.5) is 0 Å². The van der Waals surface area contributed by atoms with Crippen LogP contribution in [0.15, 0.2) is 18.2 Å². The molecular formula is C14H18N4O2. The van der Waals surface area contributed by atoms with Crippen molar-refractivity contribution in [1.29, 1.82) is 0 Å². The van der Waals surface area contributed by atoms with Gasteiger partial charge in [0.1, 0.15) is 5.52 Å². The van der Waals surface area contributed by atoms with Gasteiger partial charge in [-0.15, -0.1) is 5.10 Å². The molecule has 0 radical (unpaired) electrons. The first kappa shape index (κ1) is 13.1. The number of rotatable bonds is 3. The predicted octanol–water partition coefficient (Wildman–Crippen LogP) is 1.47. The number of aromatic nitrogens is 3. The maximum atomic E-state index is 11.1. The fourth-order valence-electron chi connectivity index (χ4n) is 2.90. The van der Waals surface area contributed by atoms with E-state index in [1.165, 1.54) is 12.8 Å². The second-order valence-electron chi connectivity index (χ2n) is 5.55. The van der Waals surface area contributed by atoms with Crippen molar-refractivity contribution in [3.05, 3.63) is 23.8 Å². The van der Waals surface area contributed by atoms with Crippen LogP contribution in [0.25, 0.3) is 11.0 Å². The number of likely N-dealkylation sites (tertiary alicyclic amines) is 1. The molecule has 1 aliphatic rings. The highest BCUT2D eigenvalue weighted by molar-refractivity contribution is 5.92. The Labute approximate surface area is 117 Å². The second-order valence-corrected chi connectivity index (χ2v) is 5.55. The van der Waals surface area contributed by atoms with Crippen LogP contribution < -0.4 is 0 Å². The fourth-order valence-corrected chi connectivity index (χ4v) is 2.90. The average Bonchev–Trinajstić information content (AvgIpc) is 2.81. The van der Waals surface area contributed by atoms with Crippen LogP contribution in [0.1, 0.15) is 23.2 Å². The summed E-state index contributed by atoms with van der Waals surface area (Å²) < 4.78 is 1.84. The fraction of sp³-hybridized carbons (Fsp3) is 0.500. The van der Waals surface area contributed by atoms with Crippen LogP contribution in [0.2, 0.25) is 0 Å². The molecule has 106 valence electrons. The highest BCUT2D eigenvalue weighted by Gasteiger charge is 2.19. The minimum Gasteiger partial charge on any atom is -0.478 e. The van der Waals surface area contributed by atoms with Crippen molar-refractivity contribution >= 4 is 17.0 Å². The number of benzene rings is 1. The highest BCUT2D eigenvalue weighted by Crippen LogP contribution is 2.20. The first-order chi connectivity index (χ1) is 9.63. The number of hydrogen-bond donors (Lipinski definition) is 1. The van der Waals surface area contributed by atoms with Crippen molar-refractivity contribution in [3.63, 3.8) is 0 Å². The summed E-state index contributed by atoms with van der Waals surface area (Å²) in [7, 11) is 2.13. The number of aromatic carboxylic acids is 1. The molecule has 0 bridgehead atoms. The molecule has 0 amide bonds. The van der Waals surface area contributed by atoms with Gasteiger partial charge in [-0.05, 0) is 50.6 Å². The molecule has 1 unspecified atom stereocenters. The Balaban J connectivity index is 1.87. The average molecular weight is 274 g/mol. The lowest BCUT2D eigenvalue weighted by Gasteiger charge is -2.29. The zero-order valence-corrected chi connectivity index (χ0v) is 11.5. The quantitative estimate of drug-likeness (QED) is 0.917. The summed E-state index contributed by atoms with van der Waals surface area (Å²) >= 11 is 0. The lowest BCUT2D eigenvalue weighted by atomic mass is 9.98. The third-order valence-electron chi connectivity index (χ3n) is 3.91. The van der Waals surface area contributed by atoms with Crippen LogP contribution >= 0.6 is 0 Å². The molecule has 20 heavy (non-hydrogen) atoms. The zero-order valence-electron chi connectivity index (χ0n) is 11.5. The second kappa shape index (κ2) is 5.20. The lowest BCUT2D eigenvalue weighted by molar-refractivity contribution is 0.0697. The number of carboxylic acid groups (broad SMARTS) is 1. The third kappa shape index (κ3) is 2.51. The highest BCUT2D eigenvalue weighted by atomic mass is 16.4. The van der Waals surface area contributed by atoms with E-state index in [9.17, 15) is 4.79 Å². The molecule has 1 aromatic carbocycles. The summed E-state index contributed by atoms with van der Waals surface area (Å²) in [6, 6.07) is 4.94. The van der Waals surface area contributed by atoms with Crippen LogP contribution in [-0.2, 0) is 6.54 Å². The van der Waals surface area contributed by atoms with Crippen molar-refractivity contribution in [2.75, 3.05) is 20.1 Å². The predicted molar refractivity (Wildman–Crippen MR) is 74.7 cm³/mol. The van der Waals surface area contributed by atoms with E-state index in [1.54, 1.807) is 18.2 Å². The van der Waals surface area contributed by atoms with E-state index in [1.807, 2.05) is 4.68 Å². The minimum atomic E-state index is -0.919. The number of carbonyl (C=O) groups is 1. The van der Waals surface area contributed by atoms with Gasteiger partial charge in [-0.1, -0.05) is 5.21 Å². The number of carboxylic acids is 1. The molecule has 2 heterocycles. The van der Waals surface area contributed by atoms with Crippen molar-refractivity contribution in [3.8, 4) is 0 Å². The molecule has 2 aromatic rings. The maximum Gasteiger partial charge on any atom is 0.335 e. The summed E-state index contributed by atoms with van der Waals surface area (Å²) in [6.07, 6.45) is 2.39. The molecule has 6 nitrogen and oxygen atoms in total. The first-order valence-corrected chi connectivity index (χ1v) is 6.88. The molecule has 1 fully saturated rings. The Morgan fingerprint density at radius 1 is 1.50 bits per heavy atom. The van der Waals surface area contributed by atoms with Gasteiger partial charge >= 0.3 is 5.97 Å². The van der Waals surface area contributed by atoms with E-state index in [2.05, 4.69) is 22.3 Å². The Kier molecular flexibility index (Phi) is 3.40. The largest absolute Gasteiger partial charge is 0.478 e. The van der Waals surface area contributed by atoms with Gasteiger partial charge < -0.3 is 10.0 Å². The third-order valence-corrected chi connectivity index (χ3v) is 3.91. The monoisotopic (exact) mass is 274 g/mol. The van der Waals surface area contributed by atoms with E-state index < -0.39 is 5.97 Å². The van der Waals surface area contributed by atoms with Crippen molar-refractivity contribution in [2.45, 2.75) is 19.4 Å². The molecule has 1 N–H and O–H groups in total. The van der Waals surface area contributed by atoms with Gasteiger partial charge in [-0.3, -0.25) is 0 Å². The molecule has 1 atom stereocenters. The van der Waals surface area contributed by atoms with Gasteiger partial charge in [0.2, 0.25) is 0 Å². The number of nitrogens with zero attached hydrogens (tertiary/aromatic N) is 4. The smallest absolute Gasteiger partial charge is 0.335 e. The van der Waals surface area contributed by atoms with Crippen molar-refractivity contribution < 1.29 is 9.90 Å². The van der Waals surface area contributed by atoms with Gasteiger partial charge in [0, 0.05) is 13.1 Å². The van der Waals surface area contributed by atoms with Gasteiger partial charge in [-0.2, -0.15) is 0 Å². The molecule has 1 saturated heterocycles. The van der Waals surface area contributed by atoms with Gasteiger partial charge in [0.15, 0.2) is 0 Å². The molecular weight excluding hydrogens is 256 g/mol. The Morgan fingerprint density at radius 2 is 2.35 bits per heavy atom. The number of piperidine rings is 1. The van der Waals surface area contributed by atoms with E-state index in [4.69, 9.17) is 5.11 Å². The van der Waals surface area contributed by atoms with E-state index in [0.29, 0.717) is 5.92 Å². The topological polar surface area (TPSA) is 71.2 Å². The summed E-state index contributed by atoms with van der Waals surface area (Å²) in [6.45, 7) is 3.00. The SMILES string of the molecule is CN1CCCC(Cn2nnc3ccc(C(=O)O)cc32)C1. The van der Waals surface area contributed by atoms with Gasteiger partial charge in [-0.25, -0.2) is 9.48 Å². The molecule has 1 aliphatic heterocycles. The summed E-state index contributed by atoms with van der Waals surface area (Å²) in [5.74, 6) is -0.371. The Morgan fingerprint density at radius 3 is 3.10 bits per heavy atom. The van der Waals surface area contributed by atoms with Crippen LogP contribution in [0, 0.1) is 5.92 Å². The van der Waals surface area contributed by atoms with Gasteiger partial charge in [0.05, 0.1) is 11.1 Å². The number of hydrogen-bond acceptors (Lipinski definition) is 4. The molecule has 3 rings (SSSR count). The summed E-state index contributed by atoms with van der Waals surface area (Å²) in [4.78, 5) is 13.4. The first-order valence-electron chi connectivity index (χ1n) is 6.88. The normalized spacial score (nSPS) is 20.4. The standard InChI is InChI=1S/C14H18N4O2/c1-17-6-2-3-10(8-17)9-18-13-7-11(14(19)20)4-5-12(13)15-16-18/h4-5,7,10H,2-3,6,8-9H2,1H3,(H,19,20). The van der Waals surface area contributed by atoms with Crippen molar-refractivity contribution in [1.82, 2.24) is 19.9 Å². The maximum absolute atomic E-state index is 11.1. The van der Waals surface area contributed by atoms with Crippen LogP contribution in [0.3, 0.4) is 0 Å². The van der Waals surface area contributed by atoms with E-state index in [-0.39, 0.29) is 5.56 Å². The lowest BCUT2D eigenvalue weighted by Crippen LogP contribution is -2.34. The van der Waals surface area contributed by atoms with Crippen LogP contribution in [-0.4, -0.2) is 51.1 Å². The molecule has 0 aliphatic carbocycles. The number of fused-ring (bicyclic) bond motifs is 1. The molecule has 1 aromatic heterocycles. The summed E-state index contributed by atoms with van der Waals surface area (Å²) in [5, 5.41) is 17.4. The Hall–Kier alpha value is -1.95. The van der Waals surface area contributed by atoms with E-state index >= 15 is 0 Å². The van der Waals surface area contributed by atoms with Crippen LogP contribution in [0.5, 0.6) is 0 Å².